The van der Waals surface area contributed by atoms with Gasteiger partial charge in [-0.3, -0.25) is 0 Å². The molecular weight excluding hydrogens is 306 g/mol. The Kier molecular flexibility index (Phi) is 7.18. The lowest BCUT2D eigenvalue weighted by Gasteiger charge is -2.27. The van der Waals surface area contributed by atoms with Crippen molar-refractivity contribution in [2.75, 3.05) is 20.8 Å². The second-order valence-corrected chi connectivity index (χ2v) is 6.00. The Balaban J connectivity index is 2.05. The molecule has 0 heterocycles. The standard InChI is InChI=1S/C18H29N3O3/c1-4-19-18(21-14-8-10-15(22)11-9-14)20-12-13-6-5-7-16(23-2)17(13)24-3/h5-7,14-15,22H,4,8-12H2,1-3H3,(H2,19,20,21). The molecule has 1 aliphatic carbocycles. The molecule has 0 aliphatic heterocycles. The normalized spacial score (nSPS) is 21.2. The summed E-state index contributed by atoms with van der Waals surface area (Å²) in [6.45, 7) is 3.36. The average Bonchev–Trinajstić information content (AvgIpc) is 2.61. The Morgan fingerprint density at radius 3 is 2.58 bits per heavy atom. The SMILES string of the molecule is CCNC(=NCc1cccc(OC)c1OC)NC1CCC(O)CC1. The van der Waals surface area contributed by atoms with Crippen LogP contribution < -0.4 is 20.1 Å². The molecule has 0 radical (unpaired) electrons. The maximum Gasteiger partial charge on any atom is 0.191 e. The van der Waals surface area contributed by atoms with E-state index >= 15 is 0 Å². The van der Waals surface area contributed by atoms with Crippen LogP contribution in [-0.2, 0) is 6.54 Å². The van der Waals surface area contributed by atoms with Crippen LogP contribution in [-0.4, -0.2) is 44.0 Å². The third-order valence-electron chi connectivity index (χ3n) is 4.27. The fraction of sp³-hybridized carbons (Fsp3) is 0.611. The van der Waals surface area contributed by atoms with E-state index in [0.29, 0.717) is 18.3 Å². The van der Waals surface area contributed by atoms with Gasteiger partial charge >= 0.3 is 0 Å². The molecule has 0 saturated heterocycles. The first-order valence-electron chi connectivity index (χ1n) is 8.60. The first kappa shape index (κ1) is 18.4. The Hall–Kier alpha value is -1.95. The molecule has 0 spiro atoms. The van der Waals surface area contributed by atoms with Gasteiger partial charge in [-0.2, -0.15) is 0 Å². The maximum absolute atomic E-state index is 9.62. The Bertz CT molecular complexity index is 540. The zero-order chi connectivity index (χ0) is 17.4. The average molecular weight is 335 g/mol. The quantitative estimate of drug-likeness (QED) is 0.548. The highest BCUT2D eigenvalue weighted by Crippen LogP contribution is 2.31. The highest BCUT2D eigenvalue weighted by molar-refractivity contribution is 5.80. The second-order valence-electron chi connectivity index (χ2n) is 6.00. The number of aliphatic hydroxyl groups excluding tert-OH is 1. The van der Waals surface area contributed by atoms with Crippen molar-refractivity contribution in [3.05, 3.63) is 23.8 Å². The van der Waals surface area contributed by atoms with E-state index in [4.69, 9.17) is 9.47 Å². The fourth-order valence-corrected chi connectivity index (χ4v) is 2.98. The number of rotatable bonds is 6. The van der Waals surface area contributed by atoms with Crippen LogP contribution in [0.2, 0.25) is 0 Å². The van der Waals surface area contributed by atoms with Crippen LogP contribution in [0, 0.1) is 0 Å². The van der Waals surface area contributed by atoms with Gasteiger partial charge in [0.1, 0.15) is 0 Å². The highest BCUT2D eigenvalue weighted by Gasteiger charge is 2.20. The smallest absolute Gasteiger partial charge is 0.191 e. The lowest BCUT2D eigenvalue weighted by atomic mass is 9.93. The molecule has 1 saturated carbocycles. The zero-order valence-electron chi connectivity index (χ0n) is 14.8. The summed E-state index contributed by atoms with van der Waals surface area (Å²) in [5, 5.41) is 16.4. The number of aliphatic hydroxyl groups is 1. The Morgan fingerprint density at radius 1 is 1.21 bits per heavy atom. The molecule has 2 rings (SSSR count). The number of benzene rings is 1. The molecule has 6 nitrogen and oxygen atoms in total. The van der Waals surface area contributed by atoms with Crippen LogP contribution in [0.4, 0.5) is 0 Å². The number of nitrogens with zero attached hydrogens (tertiary/aromatic N) is 1. The molecule has 1 fully saturated rings. The van der Waals surface area contributed by atoms with Crippen LogP contribution >= 0.6 is 0 Å². The maximum atomic E-state index is 9.62. The number of para-hydroxylation sites is 1. The number of aliphatic imine (C=N–C) groups is 1. The van der Waals surface area contributed by atoms with Crippen molar-refractivity contribution in [1.82, 2.24) is 10.6 Å². The van der Waals surface area contributed by atoms with Crippen molar-refractivity contribution in [3.63, 3.8) is 0 Å². The summed E-state index contributed by atoms with van der Waals surface area (Å²) in [6, 6.07) is 6.17. The number of hydrogen-bond donors (Lipinski definition) is 3. The minimum atomic E-state index is -0.149. The molecule has 0 unspecified atom stereocenters. The predicted octanol–water partition coefficient (Wildman–Crippen LogP) is 2.06. The van der Waals surface area contributed by atoms with Crippen LogP contribution in [0.3, 0.4) is 0 Å². The molecule has 1 aliphatic rings. The van der Waals surface area contributed by atoms with E-state index in [-0.39, 0.29) is 6.10 Å². The predicted molar refractivity (Wildman–Crippen MR) is 95.8 cm³/mol. The fourth-order valence-electron chi connectivity index (χ4n) is 2.98. The van der Waals surface area contributed by atoms with Gasteiger partial charge in [0, 0.05) is 18.2 Å². The van der Waals surface area contributed by atoms with E-state index in [1.807, 2.05) is 25.1 Å². The van der Waals surface area contributed by atoms with Gasteiger partial charge in [0.2, 0.25) is 0 Å². The molecule has 0 atom stereocenters. The molecule has 0 aromatic heterocycles. The Morgan fingerprint density at radius 2 is 1.96 bits per heavy atom. The van der Waals surface area contributed by atoms with Crippen LogP contribution in [0.1, 0.15) is 38.2 Å². The van der Waals surface area contributed by atoms with Crippen molar-refractivity contribution in [2.24, 2.45) is 4.99 Å². The summed E-state index contributed by atoms with van der Waals surface area (Å²) < 4.78 is 10.8. The summed E-state index contributed by atoms with van der Waals surface area (Å²) in [7, 11) is 3.27. The number of nitrogens with one attached hydrogen (secondary N) is 2. The largest absolute Gasteiger partial charge is 0.493 e. The molecule has 0 bridgehead atoms. The van der Waals surface area contributed by atoms with Gasteiger partial charge in [0.05, 0.1) is 26.9 Å². The van der Waals surface area contributed by atoms with Crippen LogP contribution in [0.25, 0.3) is 0 Å². The number of methoxy groups -OCH3 is 2. The van der Waals surface area contributed by atoms with Crippen molar-refractivity contribution < 1.29 is 14.6 Å². The monoisotopic (exact) mass is 335 g/mol. The van der Waals surface area contributed by atoms with E-state index in [2.05, 4.69) is 15.6 Å². The molecule has 134 valence electrons. The van der Waals surface area contributed by atoms with E-state index < -0.39 is 0 Å². The van der Waals surface area contributed by atoms with Gasteiger partial charge in [-0.15, -0.1) is 0 Å². The van der Waals surface area contributed by atoms with Crippen molar-refractivity contribution in [2.45, 2.75) is 51.3 Å². The molecule has 24 heavy (non-hydrogen) atoms. The van der Waals surface area contributed by atoms with Gasteiger partial charge in [0.25, 0.3) is 0 Å². The third-order valence-corrected chi connectivity index (χ3v) is 4.27. The van der Waals surface area contributed by atoms with Gasteiger partial charge in [-0.25, -0.2) is 4.99 Å². The van der Waals surface area contributed by atoms with Crippen molar-refractivity contribution in [1.29, 1.82) is 0 Å². The van der Waals surface area contributed by atoms with Crippen LogP contribution in [0.15, 0.2) is 23.2 Å². The van der Waals surface area contributed by atoms with E-state index in [1.165, 1.54) is 0 Å². The van der Waals surface area contributed by atoms with E-state index in [1.54, 1.807) is 14.2 Å². The first-order valence-corrected chi connectivity index (χ1v) is 8.60. The van der Waals surface area contributed by atoms with Crippen molar-refractivity contribution in [3.8, 4) is 11.5 Å². The second kappa shape index (κ2) is 9.37. The Labute approximate surface area is 144 Å². The highest BCUT2D eigenvalue weighted by atomic mass is 16.5. The lowest BCUT2D eigenvalue weighted by Crippen LogP contribution is -2.45. The van der Waals surface area contributed by atoms with Gasteiger partial charge in [0.15, 0.2) is 17.5 Å². The lowest BCUT2D eigenvalue weighted by molar-refractivity contribution is 0.120. The number of guanidine groups is 1. The summed E-state index contributed by atoms with van der Waals surface area (Å²) >= 11 is 0. The molecule has 1 aromatic rings. The third kappa shape index (κ3) is 5.03. The molecular formula is C18H29N3O3. The first-order chi connectivity index (χ1) is 11.7. The minimum Gasteiger partial charge on any atom is -0.493 e. The minimum absolute atomic E-state index is 0.149. The van der Waals surface area contributed by atoms with E-state index in [9.17, 15) is 5.11 Å². The summed E-state index contributed by atoms with van der Waals surface area (Å²) in [5.74, 6) is 2.23. The molecule has 0 amide bonds. The molecule has 1 aromatic carbocycles. The van der Waals surface area contributed by atoms with Gasteiger partial charge in [-0.05, 0) is 38.7 Å². The summed E-state index contributed by atoms with van der Waals surface area (Å²) in [5.41, 5.74) is 0.980. The molecule has 6 heteroatoms. The molecule has 3 N–H and O–H groups in total. The topological polar surface area (TPSA) is 75.1 Å². The van der Waals surface area contributed by atoms with Gasteiger partial charge < -0.3 is 25.2 Å². The summed E-state index contributed by atoms with van der Waals surface area (Å²) in [4.78, 5) is 4.68. The zero-order valence-corrected chi connectivity index (χ0v) is 14.8. The van der Waals surface area contributed by atoms with Gasteiger partial charge in [-0.1, -0.05) is 12.1 Å². The summed E-state index contributed by atoms with van der Waals surface area (Å²) in [6.07, 6.45) is 3.48. The number of hydrogen-bond acceptors (Lipinski definition) is 4. The number of ether oxygens (including phenoxy) is 2. The van der Waals surface area contributed by atoms with E-state index in [0.717, 1.165) is 49.5 Å². The van der Waals surface area contributed by atoms with Crippen LogP contribution in [0.5, 0.6) is 11.5 Å². The van der Waals surface area contributed by atoms with Crippen molar-refractivity contribution >= 4 is 5.96 Å².